The Morgan fingerprint density at radius 2 is 2.17 bits per heavy atom. The molecule has 98 valence electrons. The quantitative estimate of drug-likeness (QED) is 0.512. The molecule has 6 nitrogen and oxygen atoms in total. The Bertz CT molecular complexity index is 444. The minimum Gasteiger partial charge on any atom is -0.504 e. The normalized spacial score (nSPS) is 16.9. The standard InChI is InChI=1S/C12H15NO5/c13-9(12(16)18-8-5-17-6-8)3-7-1-2-10(14)11(15)4-7/h1-2,4,8-9,14-15H,3,5-6,13H2. The Balaban J connectivity index is 1.90. The molecule has 0 aromatic heterocycles. The molecule has 0 spiro atoms. The predicted molar refractivity (Wildman–Crippen MR) is 62.2 cm³/mol. The van der Waals surface area contributed by atoms with Crippen molar-refractivity contribution in [2.45, 2.75) is 18.6 Å². The zero-order valence-corrected chi connectivity index (χ0v) is 9.70. The summed E-state index contributed by atoms with van der Waals surface area (Å²) in [4.78, 5) is 11.6. The average Bonchev–Trinajstić information content (AvgIpc) is 2.28. The Hall–Kier alpha value is -1.79. The van der Waals surface area contributed by atoms with Crippen LogP contribution >= 0.6 is 0 Å². The summed E-state index contributed by atoms with van der Waals surface area (Å²) in [5.74, 6) is -0.933. The van der Waals surface area contributed by atoms with Gasteiger partial charge >= 0.3 is 5.97 Å². The molecule has 0 amide bonds. The summed E-state index contributed by atoms with van der Waals surface area (Å²) in [6, 6.07) is 3.51. The van der Waals surface area contributed by atoms with E-state index in [1.54, 1.807) is 6.07 Å². The number of nitrogens with two attached hydrogens (primary N) is 1. The van der Waals surface area contributed by atoms with Gasteiger partial charge in [0.05, 0.1) is 13.2 Å². The Kier molecular flexibility index (Phi) is 3.69. The van der Waals surface area contributed by atoms with Gasteiger partial charge in [-0.2, -0.15) is 0 Å². The first kappa shape index (κ1) is 12.7. The Morgan fingerprint density at radius 1 is 1.44 bits per heavy atom. The van der Waals surface area contributed by atoms with Gasteiger partial charge in [-0.15, -0.1) is 0 Å². The van der Waals surface area contributed by atoms with Crippen molar-refractivity contribution in [3.8, 4) is 11.5 Å². The van der Waals surface area contributed by atoms with Gasteiger partial charge in [0.1, 0.15) is 12.1 Å². The van der Waals surface area contributed by atoms with Crippen LogP contribution in [0.3, 0.4) is 0 Å². The van der Waals surface area contributed by atoms with E-state index >= 15 is 0 Å². The van der Waals surface area contributed by atoms with Gasteiger partial charge in [0.25, 0.3) is 0 Å². The fraction of sp³-hybridized carbons (Fsp3) is 0.417. The third kappa shape index (κ3) is 2.91. The van der Waals surface area contributed by atoms with Gasteiger partial charge in [-0.1, -0.05) is 6.07 Å². The number of aromatic hydroxyl groups is 2. The molecule has 0 saturated carbocycles. The van der Waals surface area contributed by atoms with Crippen LogP contribution in [0.5, 0.6) is 11.5 Å². The van der Waals surface area contributed by atoms with Gasteiger partial charge in [-0.05, 0) is 24.1 Å². The Labute approximate surface area is 104 Å². The molecule has 1 aliphatic heterocycles. The third-order valence-corrected chi connectivity index (χ3v) is 2.69. The minimum absolute atomic E-state index is 0.197. The lowest BCUT2D eigenvalue weighted by atomic mass is 10.1. The molecule has 6 heteroatoms. The summed E-state index contributed by atoms with van der Waals surface area (Å²) >= 11 is 0. The SMILES string of the molecule is NC(Cc1ccc(O)c(O)c1)C(=O)OC1COC1. The fourth-order valence-corrected chi connectivity index (χ4v) is 1.57. The summed E-state index contributed by atoms with van der Waals surface area (Å²) < 4.78 is 9.96. The summed E-state index contributed by atoms with van der Waals surface area (Å²) in [5, 5.41) is 18.5. The zero-order valence-electron chi connectivity index (χ0n) is 9.70. The first-order valence-electron chi connectivity index (χ1n) is 5.61. The lowest BCUT2D eigenvalue weighted by Crippen LogP contribution is -2.43. The topological polar surface area (TPSA) is 102 Å². The molecule has 1 unspecified atom stereocenters. The maximum Gasteiger partial charge on any atom is 0.323 e. The number of benzene rings is 1. The molecule has 4 N–H and O–H groups in total. The van der Waals surface area contributed by atoms with Crippen molar-refractivity contribution in [3.63, 3.8) is 0 Å². The molecule has 1 atom stereocenters. The fourth-order valence-electron chi connectivity index (χ4n) is 1.57. The van der Waals surface area contributed by atoms with E-state index in [4.69, 9.17) is 20.3 Å². The van der Waals surface area contributed by atoms with Gasteiger partial charge in [0, 0.05) is 0 Å². The molecule has 1 heterocycles. The van der Waals surface area contributed by atoms with Crippen molar-refractivity contribution in [2.24, 2.45) is 5.73 Å². The summed E-state index contributed by atoms with van der Waals surface area (Å²) in [6.45, 7) is 0.830. The molecule has 1 aromatic carbocycles. The van der Waals surface area contributed by atoms with E-state index in [-0.39, 0.29) is 24.0 Å². The minimum atomic E-state index is -0.797. The predicted octanol–water partition coefficient (Wildman–Crippen LogP) is -0.0904. The van der Waals surface area contributed by atoms with Crippen LogP contribution in [0, 0.1) is 0 Å². The van der Waals surface area contributed by atoms with Crippen LogP contribution in [-0.2, 0) is 20.7 Å². The highest BCUT2D eigenvalue weighted by molar-refractivity contribution is 5.76. The number of esters is 1. The van der Waals surface area contributed by atoms with Crippen LogP contribution in [0.15, 0.2) is 18.2 Å². The molecule has 0 bridgehead atoms. The summed E-state index contributed by atoms with van der Waals surface area (Å²) in [6.07, 6.45) is 0.0389. The van der Waals surface area contributed by atoms with Crippen molar-refractivity contribution < 1.29 is 24.5 Å². The molecule has 18 heavy (non-hydrogen) atoms. The molecule has 1 fully saturated rings. The van der Waals surface area contributed by atoms with Crippen molar-refractivity contribution in [2.75, 3.05) is 13.2 Å². The highest BCUT2D eigenvalue weighted by Gasteiger charge is 2.26. The number of hydrogen-bond donors (Lipinski definition) is 3. The van der Waals surface area contributed by atoms with Crippen LogP contribution in [0.2, 0.25) is 0 Å². The number of phenols is 2. The van der Waals surface area contributed by atoms with E-state index in [0.29, 0.717) is 18.8 Å². The van der Waals surface area contributed by atoms with E-state index in [0.717, 1.165) is 0 Å². The van der Waals surface area contributed by atoms with Gasteiger partial charge in [0.2, 0.25) is 0 Å². The van der Waals surface area contributed by atoms with Crippen molar-refractivity contribution in [1.29, 1.82) is 0 Å². The summed E-state index contributed by atoms with van der Waals surface area (Å²) in [7, 11) is 0. The van der Waals surface area contributed by atoms with Gasteiger partial charge in [-0.25, -0.2) is 0 Å². The first-order valence-corrected chi connectivity index (χ1v) is 5.61. The second kappa shape index (κ2) is 5.24. The lowest BCUT2D eigenvalue weighted by molar-refractivity contribution is -0.173. The molecular weight excluding hydrogens is 238 g/mol. The number of ether oxygens (including phenoxy) is 2. The van der Waals surface area contributed by atoms with Crippen molar-refractivity contribution in [1.82, 2.24) is 0 Å². The van der Waals surface area contributed by atoms with E-state index in [1.165, 1.54) is 12.1 Å². The van der Waals surface area contributed by atoms with E-state index in [2.05, 4.69) is 0 Å². The van der Waals surface area contributed by atoms with E-state index < -0.39 is 12.0 Å². The van der Waals surface area contributed by atoms with Crippen LogP contribution < -0.4 is 5.73 Å². The molecule has 1 saturated heterocycles. The van der Waals surface area contributed by atoms with Gasteiger partial charge in [-0.3, -0.25) is 4.79 Å². The monoisotopic (exact) mass is 253 g/mol. The maximum atomic E-state index is 11.6. The zero-order chi connectivity index (χ0) is 13.1. The maximum absolute atomic E-state index is 11.6. The molecule has 0 radical (unpaired) electrons. The van der Waals surface area contributed by atoms with Crippen molar-refractivity contribution in [3.05, 3.63) is 23.8 Å². The molecule has 0 aliphatic carbocycles. The van der Waals surface area contributed by atoms with E-state index in [1.807, 2.05) is 0 Å². The highest BCUT2D eigenvalue weighted by Crippen LogP contribution is 2.25. The number of rotatable bonds is 4. The van der Waals surface area contributed by atoms with Crippen LogP contribution in [-0.4, -0.2) is 41.5 Å². The van der Waals surface area contributed by atoms with E-state index in [9.17, 15) is 9.90 Å². The number of phenolic OH excluding ortho intramolecular Hbond substituents is 2. The average molecular weight is 253 g/mol. The summed E-state index contributed by atoms with van der Waals surface area (Å²) in [5.41, 5.74) is 6.36. The van der Waals surface area contributed by atoms with Crippen LogP contribution in [0.4, 0.5) is 0 Å². The number of carbonyl (C=O) groups excluding carboxylic acids is 1. The number of carbonyl (C=O) groups is 1. The van der Waals surface area contributed by atoms with Crippen molar-refractivity contribution >= 4 is 5.97 Å². The van der Waals surface area contributed by atoms with Crippen LogP contribution in [0.1, 0.15) is 5.56 Å². The second-order valence-corrected chi connectivity index (χ2v) is 4.23. The second-order valence-electron chi connectivity index (χ2n) is 4.23. The molecule has 1 aliphatic rings. The van der Waals surface area contributed by atoms with Gasteiger partial charge < -0.3 is 25.4 Å². The molecule has 1 aromatic rings. The molecular formula is C12H15NO5. The van der Waals surface area contributed by atoms with Crippen LogP contribution in [0.25, 0.3) is 0 Å². The number of hydrogen-bond acceptors (Lipinski definition) is 6. The largest absolute Gasteiger partial charge is 0.504 e. The third-order valence-electron chi connectivity index (χ3n) is 2.69. The van der Waals surface area contributed by atoms with Gasteiger partial charge in [0.15, 0.2) is 11.5 Å². The lowest BCUT2D eigenvalue weighted by Gasteiger charge is -2.26. The smallest absolute Gasteiger partial charge is 0.323 e. The highest BCUT2D eigenvalue weighted by atomic mass is 16.6. The molecule has 2 rings (SSSR count). The Morgan fingerprint density at radius 3 is 2.72 bits per heavy atom. The first-order chi connectivity index (χ1) is 8.56.